The van der Waals surface area contributed by atoms with Gasteiger partial charge < -0.3 is 26.2 Å². The summed E-state index contributed by atoms with van der Waals surface area (Å²) in [5, 5.41) is 7.79. The number of hydrogen-bond acceptors (Lipinski definition) is 8. The van der Waals surface area contributed by atoms with Gasteiger partial charge in [0.25, 0.3) is 5.91 Å². The number of carbonyl (C=O) groups excluding carboxylic acids is 1. The molecule has 0 saturated heterocycles. The lowest BCUT2D eigenvalue weighted by Gasteiger charge is -2.23. The second-order valence-electron chi connectivity index (χ2n) is 7.33. The van der Waals surface area contributed by atoms with Gasteiger partial charge in [-0.25, -0.2) is 9.97 Å². The predicted molar refractivity (Wildman–Crippen MR) is 131 cm³/mol. The van der Waals surface area contributed by atoms with Gasteiger partial charge in [-0.1, -0.05) is 41.1 Å². The highest BCUT2D eigenvalue weighted by Gasteiger charge is 2.17. The fraction of sp³-hybridized carbons (Fsp3) is 0.227. The number of carbonyl (C=O) groups is 1. The fourth-order valence-corrected chi connectivity index (χ4v) is 4.40. The van der Waals surface area contributed by atoms with Crippen molar-refractivity contribution in [3.05, 3.63) is 70.5 Å². The molecule has 0 unspecified atom stereocenters. The SMILES string of the molecule is Cc1cccc(Cl)c1N1C=CN(CCCNc2cccc(Nc3ncc(C(N)=O)s3)n2)C1. The van der Waals surface area contributed by atoms with Gasteiger partial charge in [-0.05, 0) is 37.1 Å². The zero-order chi connectivity index (χ0) is 22.5. The van der Waals surface area contributed by atoms with Crippen LogP contribution in [0.15, 0.2) is 55.0 Å². The normalized spacial score (nSPS) is 12.9. The molecule has 1 aliphatic rings. The molecular formula is C22H24ClN7OS. The molecule has 1 aliphatic heterocycles. The Labute approximate surface area is 195 Å². The zero-order valence-electron chi connectivity index (χ0n) is 17.6. The molecular weight excluding hydrogens is 446 g/mol. The van der Waals surface area contributed by atoms with Crippen LogP contribution in [-0.4, -0.2) is 40.5 Å². The maximum Gasteiger partial charge on any atom is 0.260 e. The Kier molecular flexibility index (Phi) is 6.77. The number of anilines is 4. The van der Waals surface area contributed by atoms with Crippen LogP contribution in [0.4, 0.5) is 22.5 Å². The van der Waals surface area contributed by atoms with E-state index in [9.17, 15) is 4.79 Å². The van der Waals surface area contributed by atoms with Gasteiger partial charge in [0.05, 0.1) is 23.6 Å². The summed E-state index contributed by atoms with van der Waals surface area (Å²) in [6.45, 7) is 4.55. The summed E-state index contributed by atoms with van der Waals surface area (Å²) < 4.78 is 0. The number of amides is 1. The number of primary amides is 1. The second-order valence-corrected chi connectivity index (χ2v) is 8.77. The number of rotatable bonds is 9. The smallest absolute Gasteiger partial charge is 0.260 e. The third-order valence-corrected chi connectivity index (χ3v) is 6.16. The summed E-state index contributed by atoms with van der Waals surface area (Å²) in [6, 6.07) is 11.6. The van der Waals surface area contributed by atoms with Crippen molar-refractivity contribution in [2.75, 3.05) is 35.3 Å². The van der Waals surface area contributed by atoms with Gasteiger partial charge in [0.2, 0.25) is 0 Å². The van der Waals surface area contributed by atoms with Crippen molar-refractivity contribution in [2.45, 2.75) is 13.3 Å². The monoisotopic (exact) mass is 469 g/mol. The number of halogens is 1. The average molecular weight is 470 g/mol. The van der Waals surface area contributed by atoms with E-state index in [4.69, 9.17) is 17.3 Å². The highest BCUT2D eigenvalue weighted by Crippen LogP contribution is 2.31. The van der Waals surface area contributed by atoms with Crippen molar-refractivity contribution >= 4 is 51.3 Å². The minimum Gasteiger partial charge on any atom is -0.370 e. The van der Waals surface area contributed by atoms with E-state index in [-0.39, 0.29) is 0 Å². The summed E-state index contributed by atoms with van der Waals surface area (Å²) in [6.07, 6.45) is 6.58. The summed E-state index contributed by atoms with van der Waals surface area (Å²) in [7, 11) is 0. The number of para-hydroxylation sites is 1. The van der Waals surface area contributed by atoms with E-state index in [1.807, 2.05) is 30.3 Å². The number of aromatic nitrogens is 2. The van der Waals surface area contributed by atoms with Gasteiger partial charge in [-0.15, -0.1) is 0 Å². The van der Waals surface area contributed by atoms with Gasteiger partial charge in [0.15, 0.2) is 5.13 Å². The van der Waals surface area contributed by atoms with Crippen LogP contribution in [0.2, 0.25) is 5.02 Å². The Morgan fingerprint density at radius 3 is 2.81 bits per heavy atom. The van der Waals surface area contributed by atoms with Crippen molar-refractivity contribution in [1.82, 2.24) is 14.9 Å². The molecule has 4 N–H and O–H groups in total. The molecule has 1 aromatic carbocycles. The molecule has 0 fully saturated rings. The van der Waals surface area contributed by atoms with Gasteiger partial charge in [-0.2, -0.15) is 0 Å². The maximum atomic E-state index is 11.2. The van der Waals surface area contributed by atoms with E-state index in [2.05, 4.69) is 55.8 Å². The first-order chi connectivity index (χ1) is 15.5. The number of hydrogen-bond donors (Lipinski definition) is 3. The van der Waals surface area contributed by atoms with Gasteiger partial charge in [-0.3, -0.25) is 4.79 Å². The van der Waals surface area contributed by atoms with Crippen LogP contribution in [-0.2, 0) is 0 Å². The summed E-state index contributed by atoms with van der Waals surface area (Å²) in [5.74, 6) is 0.928. The van der Waals surface area contributed by atoms with Crippen LogP contribution in [0.25, 0.3) is 0 Å². The van der Waals surface area contributed by atoms with Crippen LogP contribution < -0.4 is 21.3 Å². The molecule has 0 spiro atoms. The molecule has 10 heteroatoms. The fourth-order valence-electron chi connectivity index (χ4n) is 3.40. The lowest BCUT2D eigenvalue weighted by atomic mass is 10.2. The van der Waals surface area contributed by atoms with Crippen LogP contribution in [0.5, 0.6) is 0 Å². The van der Waals surface area contributed by atoms with Crippen LogP contribution >= 0.6 is 22.9 Å². The van der Waals surface area contributed by atoms with E-state index in [1.54, 1.807) is 0 Å². The molecule has 0 aliphatic carbocycles. The molecule has 3 heterocycles. The van der Waals surface area contributed by atoms with Gasteiger partial charge >= 0.3 is 0 Å². The van der Waals surface area contributed by atoms with E-state index >= 15 is 0 Å². The largest absolute Gasteiger partial charge is 0.370 e. The third kappa shape index (κ3) is 5.30. The van der Waals surface area contributed by atoms with Crippen molar-refractivity contribution in [3.63, 3.8) is 0 Å². The summed E-state index contributed by atoms with van der Waals surface area (Å²) in [4.78, 5) is 24.7. The second kappa shape index (κ2) is 9.88. The Balaban J connectivity index is 1.24. The van der Waals surface area contributed by atoms with E-state index in [1.165, 1.54) is 17.5 Å². The average Bonchev–Trinajstić information content (AvgIpc) is 3.42. The molecule has 1 amide bonds. The molecule has 4 rings (SSSR count). The zero-order valence-corrected chi connectivity index (χ0v) is 19.2. The van der Waals surface area contributed by atoms with Crippen LogP contribution in [0, 0.1) is 6.92 Å². The minimum atomic E-state index is -0.489. The summed E-state index contributed by atoms with van der Waals surface area (Å²) >= 11 is 7.59. The lowest BCUT2D eigenvalue weighted by Crippen LogP contribution is -2.27. The number of benzene rings is 1. The molecule has 0 atom stereocenters. The quantitative estimate of drug-likeness (QED) is 0.399. The minimum absolute atomic E-state index is 0.404. The van der Waals surface area contributed by atoms with E-state index in [0.717, 1.165) is 48.3 Å². The molecule has 166 valence electrons. The molecule has 0 bridgehead atoms. The predicted octanol–water partition coefficient (Wildman–Crippen LogP) is 4.40. The first kappa shape index (κ1) is 21.9. The number of aryl methyl sites for hydroxylation is 1. The summed E-state index contributed by atoms with van der Waals surface area (Å²) in [5.41, 5.74) is 7.49. The highest BCUT2D eigenvalue weighted by atomic mass is 35.5. The van der Waals surface area contributed by atoms with Crippen LogP contribution in [0.1, 0.15) is 21.7 Å². The molecule has 0 saturated carbocycles. The van der Waals surface area contributed by atoms with Crippen molar-refractivity contribution in [1.29, 1.82) is 0 Å². The molecule has 8 nitrogen and oxygen atoms in total. The van der Waals surface area contributed by atoms with Crippen molar-refractivity contribution in [2.24, 2.45) is 5.73 Å². The number of nitrogens with two attached hydrogens (primary N) is 1. The maximum absolute atomic E-state index is 11.2. The number of pyridine rings is 1. The van der Waals surface area contributed by atoms with Crippen LogP contribution in [0.3, 0.4) is 0 Å². The number of thiazole rings is 1. The Bertz CT molecular complexity index is 1110. The standard InChI is InChI=1S/C22H24ClN7OS/c1-15-5-2-6-16(23)20(15)30-12-11-29(14-30)10-4-9-25-18-7-3-8-19(27-18)28-22-26-13-17(32-22)21(24)31/h2-3,5-8,11-13H,4,9-10,14H2,1H3,(H2,24,31)(H2,25,26,27,28). The first-order valence-corrected chi connectivity index (χ1v) is 11.4. The number of nitrogens with one attached hydrogen (secondary N) is 2. The van der Waals surface area contributed by atoms with E-state index in [0.29, 0.717) is 15.8 Å². The van der Waals surface area contributed by atoms with E-state index < -0.39 is 5.91 Å². The third-order valence-electron chi connectivity index (χ3n) is 4.93. The Morgan fingerprint density at radius 1 is 1.22 bits per heavy atom. The topological polar surface area (TPSA) is 99.4 Å². The molecule has 32 heavy (non-hydrogen) atoms. The molecule has 3 aromatic rings. The highest BCUT2D eigenvalue weighted by molar-refractivity contribution is 7.17. The Morgan fingerprint density at radius 2 is 2.03 bits per heavy atom. The Hall–Kier alpha value is -3.30. The molecule has 2 aromatic heterocycles. The first-order valence-electron chi connectivity index (χ1n) is 10.2. The number of nitrogens with zero attached hydrogens (tertiary/aromatic N) is 4. The van der Waals surface area contributed by atoms with Crippen molar-refractivity contribution in [3.8, 4) is 0 Å². The van der Waals surface area contributed by atoms with Gasteiger partial charge in [0.1, 0.15) is 16.5 Å². The molecule has 0 radical (unpaired) electrons. The van der Waals surface area contributed by atoms with Gasteiger partial charge in [0, 0.05) is 25.5 Å². The van der Waals surface area contributed by atoms with Crippen molar-refractivity contribution < 1.29 is 4.79 Å². The lowest BCUT2D eigenvalue weighted by molar-refractivity contribution is 0.100.